The molecule has 0 aromatic heterocycles. The third kappa shape index (κ3) is 7.72. The van der Waals surface area contributed by atoms with Crippen molar-refractivity contribution in [3.8, 4) is 0 Å². The Labute approximate surface area is 122 Å². The average Bonchev–Trinajstić information content (AvgIpc) is 2.26. The second-order valence-corrected chi connectivity index (χ2v) is 7.94. The highest BCUT2D eigenvalue weighted by atomic mass is 31.2. The lowest BCUT2D eigenvalue weighted by Crippen LogP contribution is -2.37. The molecule has 7 heteroatoms. The van der Waals surface area contributed by atoms with E-state index >= 15 is 0 Å². The lowest BCUT2D eigenvalue weighted by molar-refractivity contribution is -0.870. The van der Waals surface area contributed by atoms with Crippen LogP contribution in [-0.4, -0.2) is 63.5 Å². The van der Waals surface area contributed by atoms with Gasteiger partial charge in [-0.15, -0.1) is 0 Å². The molecule has 0 heterocycles. The Morgan fingerprint density at radius 2 is 2.00 bits per heavy atom. The SMILES string of the molecule is COCC1CCCC(OP(=O)(O)OCC[N+](C)(C)C)C1. The van der Waals surface area contributed by atoms with Crippen LogP contribution in [0.3, 0.4) is 0 Å². The minimum Gasteiger partial charge on any atom is -0.384 e. The summed E-state index contributed by atoms with van der Waals surface area (Å²) in [4.78, 5) is 9.75. The number of ether oxygens (including phenoxy) is 1. The summed E-state index contributed by atoms with van der Waals surface area (Å²) in [6.07, 6.45) is 3.45. The Morgan fingerprint density at radius 1 is 1.30 bits per heavy atom. The van der Waals surface area contributed by atoms with E-state index in [1.54, 1.807) is 7.11 Å². The van der Waals surface area contributed by atoms with Crippen LogP contribution in [0.2, 0.25) is 0 Å². The largest absolute Gasteiger partial charge is 0.472 e. The average molecular weight is 310 g/mol. The summed E-state index contributed by atoms with van der Waals surface area (Å²) >= 11 is 0. The predicted molar refractivity (Wildman–Crippen MR) is 77.4 cm³/mol. The molecule has 1 saturated carbocycles. The quantitative estimate of drug-likeness (QED) is 0.549. The molecule has 0 radical (unpaired) electrons. The summed E-state index contributed by atoms with van der Waals surface area (Å²) < 4.78 is 28.1. The molecule has 0 aliphatic heterocycles. The molecule has 0 spiro atoms. The van der Waals surface area contributed by atoms with Gasteiger partial charge in [-0.2, -0.15) is 0 Å². The summed E-state index contributed by atoms with van der Waals surface area (Å²) in [5, 5.41) is 0. The van der Waals surface area contributed by atoms with Gasteiger partial charge in [0.1, 0.15) is 13.2 Å². The molecule has 1 aliphatic carbocycles. The van der Waals surface area contributed by atoms with E-state index in [0.29, 0.717) is 23.6 Å². The minimum atomic E-state index is -3.94. The van der Waals surface area contributed by atoms with Gasteiger partial charge in [0, 0.05) is 13.7 Å². The van der Waals surface area contributed by atoms with Gasteiger partial charge in [-0.05, 0) is 25.2 Å². The molecule has 3 atom stereocenters. The Balaban J connectivity index is 2.35. The first kappa shape index (κ1) is 18.1. The standard InChI is InChI=1S/C13H28NO5P/c1-14(2,3)8-9-18-20(15,16)19-13-7-5-6-12(10-13)11-17-4/h12-13H,5-11H2,1-4H3/p+1. The summed E-state index contributed by atoms with van der Waals surface area (Å²) in [5.74, 6) is 0.407. The normalized spacial score (nSPS) is 27.2. The van der Waals surface area contributed by atoms with Crippen molar-refractivity contribution in [1.82, 2.24) is 0 Å². The number of methoxy groups -OCH3 is 1. The molecule has 1 aliphatic rings. The predicted octanol–water partition coefficient (Wildman–Crippen LogP) is 2.03. The van der Waals surface area contributed by atoms with E-state index in [2.05, 4.69) is 0 Å². The van der Waals surface area contributed by atoms with Gasteiger partial charge in [0.25, 0.3) is 0 Å². The van der Waals surface area contributed by atoms with Crippen LogP contribution in [0.4, 0.5) is 0 Å². The number of hydrogen-bond donors (Lipinski definition) is 1. The van der Waals surface area contributed by atoms with Gasteiger partial charge in [0.2, 0.25) is 0 Å². The van der Waals surface area contributed by atoms with Gasteiger partial charge in [-0.1, -0.05) is 6.42 Å². The molecule has 3 unspecified atom stereocenters. The van der Waals surface area contributed by atoms with Crippen molar-refractivity contribution in [3.05, 3.63) is 0 Å². The number of nitrogens with zero attached hydrogens (tertiary/aromatic N) is 1. The summed E-state index contributed by atoms with van der Waals surface area (Å²) in [6, 6.07) is 0. The molecule has 1 fully saturated rings. The second-order valence-electron chi connectivity index (χ2n) is 6.53. The Hall–Kier alpha value is 0.0300. The summed E-state index contributed by atoms with van der Waals surface area (Å²) in [7, 11) is 3.74. The molecule has 1 rings (SSSR count). The molecule has 0 amide bonds. The second kappa shape index (κ2) is 7.87. The van der Waals surface area contributed by atoms with E-state index in [1.165, 1.54) is 0 Å². The molecular formula is C13H29NO5P+. The number of quaternary nitrogens is 1. The van der Waals surface area contributed by atoms with Crippen LogP contribution < -0.4 is 0 Å². The maximum atomic E-state index is 11.9. The maximum Gasteiger partial charge on any atom is 0.472 e. The van der Waals surface area contributed by atoms with Gasteiger partial charge >= 0.3 is 7.82 Å². The summed E-state index contributed by atoms with van der Waals surface area (Å²) in [6.45, 7) is 1.55. The zero-order chi connectivity index (χ0) is 15.2. The van der Waals surface area contributed by atoms with Crippen molar-refractivity contribution in [2.24, 2.45) is 5.92 Å². The van der Waals surface area contributed by atoms with Gasteiger partial charge < -0.3 is 14.1 Å². The number of rotatable bonds is 8. The molecule has 0 aromatic carbocycles. The van der Waals surface area contributed by atoms with Gasteiger partial charge in [0.15, 0.2) is 0 Å². The fourth-order valence-electron chi connectivity index (χ4n) is 2.37. The van der Waals surface area contributed by atoms with Crippen molar-refractivity contribution in [3.63, 3.8) is 0 Å². The van der Waals surface area contributed by atoms with Crippen LogP contribution in [0, 0.1) is 5.92 Å². The molecule has 20 heavy (non-hydrogen) atoms. The molecule has 0 bridgehead atoms. The van der Waals surface area contributed by atoms with Crippen molar-refractivity contribution in [1.29, 1.82) is 0 Å². The van der Waals surface area contributed by atoms with Crippen molar-refractivity contribution < 1.29 is 27.7 Å². The molecule has 0 saturated heterocycles. The van der Waals surface area contributed by atoms with Crippen molar-refractivity contribution in [2.45, 2.75) is 31.8 Å². The molecule has 120 valence electrons. The highest BCUT2D eigenvalue weighted by Gasteiger charge is 2.31. The Bertz CT molecular complexity index is 329. The number of hydrogen-bond acceptors (Lipinski definition) is 4. The van der Waals surface area contributed by atoms with Crippen molar-refractivity contribution >= 4 is 7.82 Å². The number of likely N-dealkylation sites (N-methyl/N-ethyl adjacent to an activating group) is 1. The van der Waals surface area contributed by atoms with Gasteiger partial charge in [-0.25, -0.2) is 4.57 Å². The van der Waals surface area contributed by atoms with Crippen molar-refractivity contribution in [2.75, 3.05) is 48.0 Å². The smallest absolute Gasteiger partial charge is 0.384 e. The fraction of sp³-hybridized carbons (Fsp3) is 1.00. The molecule has 6 nitrogen and oxygen atoms in total. The lowest BCUT2D eigenvalue weighted by atomic mass is 9.88. The number of phosphoric acid groups is 1. The van der Waals surface area contributed by atoms with E-state index in [1.807, 2.05) is 21.1 Å². The molecule has 1 N–H and O–H groups in total. The molecule has 0 aromatic rings. The lowest BCUT2D eigenvalue weighted by Gasteiger charge is -2.30. The van der Waals surface area contributed by atoms with Crippen LogP contribution >= 0.6 is 7.82 Å². The van der Waals surface area contributed by atoms with Crippen LogP contribution in [0.25, 0.3) is 0 Å². The maximum absolute atomic E-state index is 11.9. The van der Waals surface area contributed by atoms with Crippen LogP contribution in [0.15, 0.2) is 0 Å². The Kier molecular flexibility index (Phi) is 7.12. The first-order chi connectivity index (χ1) is 9.22. The monoisotopic (exact) mass is 310 g/mol. The van der Waals surface area contributed by atoms with Gasteiger partial charge in [-0.3, -0.25) is 9.05 Å². The van der Waals surface area contributed by atoms with Crippen LogP contribution in [-0.2, 0) is 18.3 Å². The zero-order valence-electron chi connectivity index (χ0n) is 13.1. The third-order valence-corrected chi connectivity index (χ3v) is 4.51. The van der Waals surface area contributed by atoms with E-state index in [4.69, 9.17) is 13.8 Å². The Morgan fingerprint density at radius 3 is 2.60 bits per heavy atom. The first-order valence-electron chi connectivity index (χ1n) is 7.17. The zero-order valence-corrected chi connectivity index (χ0v) is 14.0. The van der Waals surface area contributed by atoms with E-state index in [0.717, 1.165) is 25.7 Å². The van der Waals surface area contributed by atoms with Crippen LogP contribution in [0.1, 0.15) is 25.7 Å². The number of phosphoric ester groups is 1. The molecular weight excluding hydrogens is 281 g/mol. The highest BCUT2D eigenvalue weighted by molar-refractivity contribution is 7.47. The highest BCUT2D eigenvalue weighted by Crippen LogP contribution is 2.47. The van der Waals surface area contributed by atoms with E-state index < -0.39 is 7.82 Å². The first-order valence-corrected chi connectivity index (χ1v) is 8.66. The third-order valence-electron chi connectivity index (χ3n) is 3.44. The van der Waals surface area contributed by atoms with Gasteiger partial charge in [0.05, 0.1) is 27.2 Å². The van der Waals surface area contributed by atoms with E-state index in [-0.39, 0.29) is 12.7 Å². The summed E-state index contributed by atoms with van der Waals surface area (Å²) in [5.41, 5.74) is 0. The topological polar surface area (TPSA) is 65.0 Å². The van der Waals surface area contributed by atoms with E-state index in [9.17, 15) is 9.46 Å². The fourth-order valence-corrected chi connectivity index (χ4v) is 3.31. The minimum absolute atomic E-state index is 0.205. The van der Waals surface area contributed by atoms with Crippen LogP contribution in [0.5, 0.6) is 0 Å².